The van der Waals surface area contributed by atoms with Gasteiger partial charge in [-0.1, -0.05) is 68.5 Å². The summed E-state index contributed by atoms with van der Waals surface area (Å²) in [7, 11) is 0. The molecule has 0 radical (unpaired) electrons. The lowest BCUT2D eigenvalue weighted by atomic mass is 9.99. The lowest BCUT2D eigenvalue weighted by Crippen LogP contribution is -2.27. The number of carbonyl (C=O) groups excluding carboxylic acids is 1. The first-order chi connectivity index (χ1) is 16.5. The smallest absolute Gasteiger partial charge is 0.159 e. The van der Waals surface area contributed by atoms with Gasteiger partial charge >= 0.3 is 0 Å². The van der Waals surface area contributed by atoms with Gasteiger partial charge in [-0.2, -0.15) is 0 Å². The molecule has 0 fully saturated rings. The maximum Gasteiger partial charge on any atom is 0.159 e. The van der Waals surface area contributed by atoms with E-state index >= 15 is 0 Å². The summed E-state index contributed by atoms with van der Waals surface area (Å²) in [6, 6.07) is 17.5. The Balaban J connectivity index is 0.000000379. The van der Waals surface area contributed by atoms with Gasteiger partial charge in [-0.25, -0.2) is 0 Å². The SMILES string of the molecule is CC(=O)C1=CCCC=C1.CC=N/C=C(\C)CN(CCC)c1ccc(-c2ccccc2)cc1CC. The second-order valence-electron chi connectivity index (χ2n) is 8.56. The molecule has 0 saturated carbocycles. The molecule has 0 amide bonds. The Hall–Kier alpha value is -3.20. The predicted octanol–water partition coefficient (Wildman–Crippen LogP) is 7.98. The summed E-state index contributed by atoms with van der Waals surface area (Å²) in [5.41, 5.74) is 7.46. The fraction of sp³-hybridized carbons (Fsp3) is 0.355. The van der Waals surface area contributed by atoms with Crippen molar-refractivity contribution >= 4 is 17.7 Å². The maximum atomic E-state index is 10.7. The minimum Gasteiger partial charge on any atom is -0.367 e. The zero-order valence-electron chi connectivity index (χ0n) is 21.6. The van der Waals surface area contributed by atoms with Crippen molar-refractivity contribution < 1.29 is 4.79 Å². The van der Waals surface area contributed by atoms with Crippen LogP contribution in [0.4, 0.5) is 5.69 Å². The van der Waals surface area contributed by atoms with Gasteiger partial charge in [-0.3, -0.25) is 9.79 Å². The van der Waals surface area contributed by atoms with E-state index in [4.69, 9.17) is 0 Å². The molecule has 0 spiro atoms. The van der Waals surface area contributed by atoms with Crippen LogP contribution in [0, 0.1) is 0 Å². The zero-order valence-corrected chi connectivity index (χ0v) is 21.6. The van der Waals surface area contributed by atoms with Crippen LogP contribution >= 0.6 is 0 Å². The third kappa shape index (κ3) is 8.62. The molecule has 0 unspecified atom stereocenters. The molecule has 0 atom stereocenters. The topological polar surface area (TPSA) is 32.7 Å². The van der Waals surface area contributed by atoms with Crippen molar-refractivity contribution in [3.8, 4) is 11.1 Å². The van der Waals surface area contributed by atoms with Crippen molar-refractivity contribution in [3.05, 3.63) is 89.7 Å². The molecule has 3 rings (SSSR count). The molecule has 0 N–H and O–H groups in total. The molecule has 1 aliphatic rings. The van der Waals surface area contributed by atoms with Crippen LogP contribution in [-0.4, -0.2) is 25.1 Å². The van der Waals surface area contributed by atoms with Crippen LogP contribution < -0.4 is 4.90 Å². The molecule has 180 valence electrons. The first-order valence-corrected chi connectivity index (χ1v) is 12.4. The Morgan fingerprint density at radius 3 is 2.35 bits per heavy atom. The van der Waals surface area contributed by atoms with Crippen LogP contribution in [0.5, 0.6) is 0 Å². The van der Waals surface area contributed by atoms with E-state index in [0.29, 0.717) is 0 Å². The first-order valence-electron chi connectivity index (χ1n) is 12.4. The van der Waals surface area contributed by atoms with E-state index in [1.807, 2.05) is 37.6 Å². The second-order valence-corrected chi connectivity index (χ2v) is 8.56. The van der Waals surface area contributed by atoms with Crippen molar-refractivity contribution in [2.24, 2.45) is 4.99 Å². The van der Waals surface area contributed by atoms with Gasteiger partial charge in [0.15, 0.2) is 5.78 Å². The van der Waals surface area contributed by atoms with E-state index in [1.165, 1.54) is 28.0 Å². The lowest BCUT2D eigenvalue weighted by molar-refractivity contribution is -0.113. The number of hydrogen-bond donors (Lipinski definition) is 0. The van der Waals surface area contributed by atoms with Gasteiger partial charge in [-0.15, -0.1) is 0 Å². The quantitative estimate of drug-likeness (QED) is 0.358. The number of carbonyl (C=O) groups is 1. The minimum absolute atomic E-state index is 0.172. The lowest BCUT2D eigenvalue weighted by Gasteiger charge is -2.27. The molecule has 2 aromatic carbocycles. The van der Waals surface area contributed by atoms with Crippen LogP contribution in [0.25, 0.3) is 11.1 Å². The van der Waals surface area contributed by atoms with Crippen LogP contribution in [0.1, 0.15) is 59.4 Å². The summed E-state index contributed by atoms with van der Waals surface area (Å²) in [5.74, 6) is 0.172. The number of Topliss-reactive ketones (excluding diaryl/α,β-unsaturated/α-hetero) is 1. The monoisotopic (exact) mass is 456 g/mol. The molecule has 34 heavy (non-hydrogen) atoms. The fourth-order valence-corrected chi connectivity index (χ4v) is 3.96. The van der Waals surface area contributed by atoms with Gasteiger partial charge in [0.25, 0.3) is 0 Å². The van der Waals surface area contributed by atoms with Gasteiger partial charge < -0.3 is 4.90 Å². The summed E-state index contributed by atoms with van der Waals surface area (Å²) < 4.78 is 0. The van der Waals surface area contributed by atoms with E-state index in [1.54, 1.807) is 6.92 Å². The average molecular weight is 457 g/mol. The summed E-state index contributed by atoms with van der Waals surface area (Å²) in [6.07, 6.45) is 14.0. The summed E-state index contributed by atoms with van der Waals surface area (Å²) in [5, 5.41) is 0. The molecular formula is C31H40N2O. The molecule has 0 bridgehead atoms. The van der Waals surface area contributed by atoms with Gasteiger partial charge in [0.1, 0.15) is 0 Å². The van der Waals surface area contributed by atoms with E-state index in [9.17, 15) is 4.79 Å². The van der Waals surface area contributed by atoms with Crippen molar-refractivity contribution in [1.82, 2.24) is 0 Å². The standard InChI is InChI=1S/C23H30N2.C8H10O/c1-5-15-25(18-19(4)17-24-7-3)23-14-13-22(16-20(23)6-2)21-11-9-8-10-12-21;1-7(9)8-5-3-2-4-6-8/h7-14,16-17H,5-6,15,18H2,1-4H3;3,5-6H,2,4H2,1H3/b19-17+,24-7?;. The van der Waals surface area contributed by atoms with Crippen molar-refractivity contribution in [2.75, 3.05) is 18.0 Å². The second kappa shape index (κ2) is 14.8. The fourth-order valence-electron chi connectivity index (χ4n) is 3.96. The third-order valence-corrected chi connectivity index (χ3v) is 5.69. The first kappa shape index (κ1) is 27.0. The predicted molar refractivity (Wildman–Crippen MR) is 149 cm³/mol. The number of anilines is 1. The molecule has 1 aliphatic carbocycles. The third-order valence-electron chi connectivity index (χ3n) is 5.69. The Kier molecular flexibility index (Phi) is 11.8. The van der Waals surface area contributed by atoms with Gasteiger partial charge in [0.05, 0.1) is 0 Å². The highest BCUT2D eigenvalue weighted by molar-refractivity contribution is 5.96. The zero-order chi connectivity index (χ0) is 24.8. The number of rotatable bonds is 9. The largest absolute Gasteiger partial charge is 0.367 e. The van der Waals surface area contributed by atoms with E-state index in [-0.39, 0.29) is 5.78 Å². The van der Waals surface area contributed by atoms with Crippen LogP contribution in [0.2, 0.25) is 0 Å². The van der Waals surface area contributed by atoms with Crippen LogP contribution in [-0.2, 0) is 11.2 Å². The van der Waals surface area contributed by atoms with E-state index < -0.39 is 0 Å². The maximum absolute atomic E-state index is 10.7. The summed E-state index contributed by atoms with van der Waals surface area (Å²) >= 11 is 0. The number of nitrogens with zero attached hydrogens (tertiary/aromatic N) is 2. The number of aliphatic imine (C=N–C) groups is 1. The molecule has 3 nitrogen and oxygen atoms in total. The Bertz CT molecular complexity index is 1030. The summed E-state index contributed by atoms with van der Waals surface area (Å²) in [4.78, 5) is 17.4. The number of allylic oxidation sites excluding steroid dienone is 4. The molecule has 0 aliphatic heterocycles. The Morgan fingerprint density at radius 1 is 1.03 bits per heavy atom. The van der Waals surface area contributed by atoms with Crippen molar-refractivity contribution in [3.63, 3.8) is 0 Å². The molecule has 3 heteroatoms. The normalized spacial score (nSPS) is 13.3. The number of hydrogen-bond acceptors (Lipinski definition) is 3. The number of aryl methyl sites for hydroxylation is 1. The Labute approximate surface area is 206 Å². The average Bonchev–Trinajstić information content (AvgIpc) is 2.88. The number of ketones is 1. The highest BCUT2D eigenvalue weighted by Crippen LogP contribution is 2.29. The van der Waals surface area contributed by atoms with Crippen LogP contribution in [0.15, 0.2) is 89.1 Å². The van der Waals surface area contributed by atoms with E-state index in [2.05, 4.69) is 79.2 Å². The summed E-state index contributed by atoms with van der Waals surface area (Å²) in [6.45, 7) is 12.1. The number of benzene rings is 2. The van der Waals surface area contributed by atoms with Crippen LogP contribution in [0.3, 0.4) is 0 Å². The van der Waals surface area contributed by atoms with Gasteiger partial charge in [0.2, 0.25) is 0 Å². The molecular weight excluding hydrogens is 416 g/mol. The van der Waals surface area contributed by atoms with Gasteiger partial charge in [0, 0.05) is 36.8 Å². The molecule has 0 saturated heterocycles. The van der Waals surface area contributed by atoms with Crippen molar-refractivity contribution in [1.29, 1.82) is 0 Å². The highest BCUT2D eigenvalue weighted by Gasteiger charge is 2.12. The minimum atomic E-state index is 0.172. The molecule has 2 aromatic rings. The van der Waals surface area contributed by atoms with E-state index in [0.717, 1.165) is 44.3 Å². The molecule has 0 aromatic heterocycles. The molecule has 0 heterocycles. The van der Waals surface area contributed by atoms with Crippen molar-refractivity contribution in [2.45, 2.75) is 60.3 Å². The highest BCUT2D eigenvalue weighted by atomic mass is 16.1. The van der Waals surface area contributed by atoms with Gasteiger partial charge in [-0.05, 0) is 80.9 Å². The Morgan fingerprint density at radius 2 is 1.79 bits per heavy atom.